The molecule has 1 aliphatic heterocycles. The van der Waals surface area contributed by atoms with E-state index in [-0.39, 0.29) is 37.9 Å². The predicted molar refractivity (Wildman–Crippen MR) is 167 cm³/mol. The fourth-order valence-electron chi connectivity index (χ4n) is 5.34. The van der Waals surface area contributed by atoms with Crippen molar-refractivity contribution < 1.29 is 46.4 Å². The molecule has 0 bridgehead atoms. The predicted octanol–water partition coefficient (Wildman–Crippen LogP) is 6.99. The number of nitrogens with one attached hydrogen (secondary N) is 1. The number of aliphatic hydroxyl groups excluding tert-OH is 2. The summed E-state index contributed by atoms with van der Waals surface area (Å²) in [5, 5.41) is 20.9. The second kappa shape index (κ2) is 15.4. The maximum Gasteiger partial charge on any atom is 0.257 e. The fourth-order valence-corrected chi connectivity index (χ4v) is 6.25. The van der Waals surface area contributed by atoms with Crippen molar-refractivity contribution in [3.8, 4) is 11.1 Å². The Balaban J connectivity index is 1.31. The molecule has 0 saturated carbocycles. The van der Waals surface area contributed by atoms with Gasteiger partial charge in [0.05, 0.1) is 25.4 Å². The molecule has 4 aromatic rings. The van der Waals surface area contributed by atoms with Gasteiger partial charge in [-0.1, -0.05) is 73.7 Å². The van der Waals surface area contributed by atoms with Crippen molar-refractivity contribution in [3.05, 3.63) is 130 Å². The summed E-state index contributed by atoms with van der Waals surface area (Å²) in [6.45, 7) is 1.84. The van der Waals surface area contributed by atoms with Crippen molar-refractivity contribution in [1.82, 2.24) is 5.32 Å². The van der Waals surface area contributed by atoms with Crippen molar-refractivity contribution in [2.45, 2.75) is 38.6 Å². The number of rotatable bonds is 11. The van der Waals surface area contributed by atoms with E-state index < -0.39 is 46.8 Å². The Hall–Kier alpha value is -3.81. The fraction of sp³-hybridized carbons (Fsp3) is 0.286. The quantitative estimate of drug-likeness (QED) is 0.0689. The Kier molecular flexibility index (Phi) is 11.3. The minimum Gasteiger partial charge on any atom is -0.396 e. The number of amides is 1. The molecule has 4 atom stereocenters. The van der Waals surface area contributed by atoms with E-state index in [1.54, 1.807) is 30.0 Å². The maximum atomic E-state index is 14.1. The van der Waals surface area contributed by atoms with Gasteiger partial charge in [0.25, 0.3) is 5.91 Å². The van der Waals surface area contributed by atoms with Crippen LogP contribution < -0.4 is 5.32 Å². The summed E-state index contributed by atoms with van der Waals surface area (Å²) in [6, 6.07) is 22.0. The second-order valence-electron chi connectivity index (χ2n) is 11.1. The van der Waals surface area contributed by atoms with Crippen LogP contribution in [-0.2, 0) is 22.6 Å². The van der Waals surface area contributed by atoms with Crippen LogP contribution in [-0.4, -0.2) is 40.3 Å². The topological polar surface area (TPSA) is 88.0 Å². The molecule has 4 aromatic carbocycles. The van der Waals surface area contributed by atoms with Gasteiger partial charge in [-0.05, 0) is 33.9 Å². The summed E-state index contributed by atoms with van der Waals surface area (Å²) < 4.78 is 81.5. The number of ether oxygens (including phenoxy) is 2. The highest BCUT2D eigenvalue weighted by molar-refractivity contribution is 7.99. The number of carbonyl (C=O) groups excluding carboxylic acids is 1. The lowest BCUT2D eigenvalue weighted by molar-refractivity contribution is -0.268. The Labute approximate surface area is 272 Å². The highest BCUT2D eigenvalue weighted by atomic mass is 32.2. The van der Waals surface area contributed by atoms with E-state index in [9.17, 15) is 37.0 Å². The number of hydrogen-bond donors (Lipinski definition) is 3. The van der Waals surface area contributed by atoms with Crippen molar-refractivity contribution in [1.29, 1.82) is 0 Å². The average Bonchev–Trinajstić information content (AvgIpc) is 3.10. The van der Waals surface area contributed by atoms with Gasteiger partial charge in [-0.3, -0.25) is 4.79 Å². The molecule has 1 amide bonds. The van der Waals surface area contributed by atoms with Crippen molar-refractivity contribution in [3.63, 3.8) is 0 Å². The Morgan fingerprint density at radius 1 is 0.787 bits per heavy atom. The van der Waals surface area contributed by atoms with Gasteiger partial charge in [0.2, 0.25) is 5.82 Å². The highest BCUT2D eigenvalue weighted by Crippen LogP contribution is 2.42. The zero-order valence-electron chi connectivity index (χ0n) is 25.2. The molecule has 1 aliphatic rings. The Morgan fingerprint density at radius 3 is 2.06 bits per heavy atom. The van der Waals surface area contributed by atoms with E-state index in [4.69, 9.17) is 9.47 Å². The largest absolute Gasteiger partial charge is 0.396 e. The summed E-state index contributed by atoms with van der Waals surface area (Å²) in [6.07, 6.45) is -1.12. The van der Waals surface area contributed by atoms with Crippen LogP contribution in [0.1, 0.15) is 51.9 Å². The van der Waals surface area contributed by atoms with Gasteiger partial charge < -0.3 is 25.0 Å². The molecule has 12 heteroatoms. The third kappa shape index (κ3) is 7.68. The van der Waals surface area contributed by atoms with Crippen LogP contribution in [0.5, 0.6) is 0 Å². The minimum absolute atomic E-state index is 0.00835. The number of hydrogen-bond acceptors (Lipinski definition) is 6. The Morgan fingerprint density at radius 2 is 1.43 bits per heavy atom. The van der Waals surface area contributed by atoms with E-state index in [1.807, 2.05) is 54.6 Å². The summed E-state index contributed by atoms with van der Waals surface area (Å²) in [5.41, 5.74) is 3.06. The van der Waals surface area contributed by atoms with Gasteiger partial charge in [0.1, 0.15) is 5.56 Å². The summed E-state index contributed by atoms with van der Waals surface area (Å²) in [5.74, 6) is -11.3. The number of halogens is 5. The number of aliphatic hydroxyl groups is 2. The van der Waals surface area contributed by atoms with Gasteiger partial charge >= 0.3 is 0 Å². The molecule has 248 valence electrons. The normalized spacial score (nSPS) is 19.5. The minimum atomic E-state index is -2.34. The lowest BCUT2D eigenvalue weighted by atomic mass is 9.91. The zero-order valence-corrected chi connectivity index (χ0v) is 26.0. The number of benzene rings is 4. The van der Waals surface area contributed by atoms with Crippen LogP contribution in [0.4, 0.5) is 22.0 Å². The SMILES string of the molecule is C[C@H]1[C@@H](CSCCO)O[C@@H](c2ccc(-c3cccc(CNC(=O)c4c(F)c(F)c(F)c(F)c4F)c3)cc2)O[C@H]1c1ccc(CO)cc1. The molecule has 47 heavy (non-hydrogen) atoms. The lowest BCUT2D eigenvalue weighted by Gasteiger charge is -2.41. The van der Waals surface area contributed by atoms with Gasteiger partial charge in [-0.2, -0.15) is 11.8 Å². The van der Waals surface area contributed by atoms with Gasteiger partial charge in [0, 0.05) is 29.5 Å². The van der Waals surface area contributed by atoms with E-state index in [0.717, 1.165) is 27.8 Å². The molecule has 1 heterocycles. The number of thioether (sulfide) groups is 1. The van der Waals surface area contributed by atoms with Crippen LogP contribution in [0.15, 0.2) is 72.8 Å². The van der Waals surface area contributed by atoms with Gasteiger partial charge in [-0.15, -0.1) is 0 Å². The molecule has 0 spiro atoms. The molecule has 0 unspecified atom stereocenters. The lowest BCUT2D eigenvalue weighted by Crippen LogP contribution is -2.38. The van der Waals surface area contributed by atoms with Crippen molar-refractivity contribution >= 4 is 17.7 Å². The third-order valence-electron chi connectivity index (χ3n) is 7.97. The van der Waals surface area contributed by atoms with Crippen LogP contribution in [0.2, 0.25) is 0 Å². The average molecular weight is 674 g/mol. The van der Waals surface area contributed by atoms with Crippen LogP contribution in [0.25, 0.3) is 11.1 Å². The van der Waals surface area contributed by atoms with Crippen molar-refractivity contribution in [2.75, 3.05) is 18.1 Å². The first-order chi connectivity index (χ1) is 22.6. The van der Waals surface area contributed by atoms with E-state index in [1.165, 1.54) is 0 Å². The van der Waals surface area contributed by atoms with E-state index in [2.05, 4.69) is 12.2 Å². The molecule has 5 rings (SSSR count). The van der Waals surface area contributed by atoms with Gasteiger partial charge in [0.15, 0.2) is 29.6 Å². The van der Waals surface area contributed by atoms with E-state index >= 15 is 0 Å². The molecule has 0 aliphatic carbocycles. The molecule has 0 aromatic heterocycles. The molecule has 1 saturated heterocycles. The third-order valence-corrected chi connectivity index (χ3v) is 9.01. The molecule has 0 radical (unpaired) electrons. The summed E-state index contributed by atoms with van der Waals surface area (Å²) in [7, 11) is 0. The van der Waals surface area contributed by atoms with E-state index in [0.29, 0.717) is 17.1 Å². The monoisotopic (exact) mass is 673 g/mol. The van der Waals surface area contributed by atoms with Crippen molar-refractivity contribution in [2.24, 2.45) is 5.92 Å². The van der Waals surface area contributed by atoms with Gasteiger partial charge in [-0.25, -0.2) is 22.0 Å². The molecular weight excluding hydrogens is 641 g/mol. The van der Waals surface area contributed by atoms with Crippen LogP contribution >= 0.6 is 11.8 Å². The molecule has 6 nitrogen and oxygen atoms in total. The first-order valence-electron chi connectivity index (χ1n) is 14.8. The van der Waals surface area contributed by atoms with Crippen LogP contribution in [0, 0.1) is 35.0 Å². The smallest absolute Gasteiger partial charge is 0.257 e. The first-order valence-corrected chi connectivity index (χ1v) is 16.0. The standard InChI is InChI=1S/C35H32F5NO5S/c1-19-26(18-47-14-13-42)45-35(46-33(19)23-7-5-20(17-43)6-8-23)24-11-9-22(10-12-24)25-4-2-3-21(15-25)16-41-34(44)27-28(36)30(38)32(40)31(39)29(27)37/h2-12,15,19,26,33,35,42-43H,13-14,16-18H2,1H3,(H,41,44)/t19-,26+,33+,35+/m0/s1. The summed E-state index contributed by atoms with van der Waals surface area (Å²) >= 11 is 1.60. The van der Waals surface area contributed by atoms with Crippen LogP contribution in [0.3, 0.4) is 0 Å². The molecule has 1 fully saturated rings. The zero-order chi connectivity index (χ0) is 33.7. The highest BCUT2D eigenvalue weighted by Gasteiger charge is 2.38. The maximum absolute atomic E-state index is 14.1. The Bertz CT molecular complexity index is 1680. The molecular formula is C35H32F5NO5S. The first kappa shape index (κ1) is 34.5. The summed E-state index contributed by atoms with van der Waals surface area (Å²) in [4.78, 5) is 12.4. The second-order valence-corrected chi connectivity index (χ2v) is 12.2. The molecule has 3 N–H and O–H groups in total. The number of carbonyl (C=O) groups is 1.